The zero-order valence-electron chi connectivity index (χ0n) is 40.5. The van der Waals surface area contributed by atoms with Crippen molar-refractivity contribution in [1.29, 1.82) is 0 Å². The Morgan fingerprint density at radius 1 is 0.642 bits per heavy atom. The van der Waals surface area contributed by atoms with E-state index in [1.54, 1.807) is 78.9 Å². The second-order valence-electron chi connectivity index (χ2n) is 15.7. The third-order valence-electron chi connectivity index (χ3n) is 10.1. The van der Waals surface area contributed by atoms with Crippen LogP contribution in [-0.2, 0) is 4.79 Å². The number of hydroxylamine groups is 2. The quantitative estimate of drug-likeness (QED) is 0.0678. The van der Waals surface area contributed by atoms with Crippen LogP contribution in [0, 0.1) is 0 Å². The molecule has 0 bridgehead atoms. The highest BCUT2D eigenvalue weighted by Gasteiger charge is 2.45. The average molecular weight is 945 g/mol. The second kappa shape index (κ2) is 29.7. The number of nitrogens with zero attached hydrogens (tertiary/aromatic N) is 1. The molecule has 7 N–H and O–H groups in total. The van der Waals surface area contributed by atoms with Crippen molar-refractivity contribution in [3.8, 4) is 46.0 Å². The number of nitrogens with one attached hydrogen (secondary N) is 1. The number of aliphatic hydroxyl groups is 3. The van der Waals surface area contributed by atoms with E-state index in [0.29, 0.717) is 57.1 Å². The normalized spacial score (nSPS) is 14.8. The van der Waals surface area contributed by atoms with Crippen LogP contribution < -0.4 is 43.2 Å². The van der Waals surface area contributed by atoms with E-state index in [-0.39, 0.29) is 48.3 Å². The standard InChI is InChI=1S/C18H22O6.C18H20O6.C11H22N2O2.C2H6.CH4.H2O/c2*1-21-13-6-4-5-7-15(13)24-17(11-19)18(20)12-8-9-14(22-2)16(10-12)23-3;1-8(14)12-9-6-10(2,3)13(15)11(4,5)7-9;1-2;;/h4-10,17-20H,11H2,1-3H3;4-10,17,19H,11H2,1-3H3;9,15H,6-7H2,1-5H3,(H,12,14);1-2H3;1H4;1H2. The number of ketones is 1. The lowest BCUT2D eigenvalue weighted by atomic mass is 9.79. The van der Waals surface area contributed by atoms with Gasteiger partial charge in [0.05, 0.1) is 55.9 Å². The van der Waals surface area contributed by atoms with Crippen molar-refractivity contribution < 1.29 is 73.5 Å². The summed E-state index contributed by atoms with van der Waals surface area (Å²) in [6.07, 6.45) is -1.43. The summed E-state index contributed by atoms with van der Waals surface area (Å²) in [6.45, 7) is 12.7. The highest BCUT2D eigenvalue weighted by Crippen LogP contribution is 2.37. The van der Waals surface area contributed by atoms with Crippen molar-refractivity contribution in [2.75, 3.05) is 55.9 Å². The van der Waals surface area contributed by atoms with Gasteiger partial charge in [0.25, 0.3) is 0 Å². The maximum Gasteiger partial charge on any atom is 0.217 e. The smallest absolute Gasteiger partial charge is 0.217 e. The summed E-state index contributed by atoms with van der Waals surface area (Å²) in [5.74, 6) is 3.44. The van der Waals surface area contributed by atoms with Crippen molar-refractivity contribution in [2.45, 2.75) is 104 Å². The molecule has 1 aliphatic rings. The topological polar surface area (TPSA) is 236 Å². The van der Waals surface area contributed by atoms with Gasteiger partial charge >= 0.3 is 0 Å². The number of rotatable bonds is 17. The highest BCUT2D eigenvalue weighted by atomic mass is 16.5. The van der Waals surface area contributed by atoms with Gasteiger partial charge in [0.2, 0.25) is 11.7 Å². The van der Waals surface area contributed by atoms with Gasteiger partial charge in [0.1, 0.15) is 6.10 Å². The molecule has 1 heterocycles. The van der Waals surface area contributed by atoms with Crippen molar-refractivity contribution in [2.24, 2.45) is 0 Å². The van der Waals surface area contributed by atoms with Crippen molar-refractivity contribution in [3.63, 3.8) is 0 Å². The zero-order chi connectivity index (χ0) is 48.9. The molecule has 3 unspecified atom stereocenters. The van der Waals surface area contributed by atoms with Gasteiger partial charge in [-0.05, 0) is 101 Å². The van der Waals surface area contributed by atoms with E-state index < -0.39 is 24.9 Å². The van der Waals surface area contributed by atoms with E-state index >= 15 is 0 Å². The molecule has 17 heteroatoms. The fraction of sp³-hybridized carbons (Fsp3) is 0.480. The van der Waals surface area contributed by atoms with Gasteiger partial charge in [-0.2, -0.15) is 5.06 Å². The molecular formula is C50H76N2O15. The highest BCUT2D eigenvalue weighted by molar-refractivity contribution is 6.00. The first kappa shape index (κ1) is 61.2. The molecule has 1 saturated heterocycles. The summed E-state index contributed by atoms with van der Waals surface area (Å²) in [5, 5.41) is 44.2. The Bertz CT molecular complexity index is 2040. The Morgan fingerprint density at radius 3 is 1.46 bits per heavy atom. The lowest BCUT2D eigenvalue weighted by molar-refractivity contribution is -0.246. The largest absolute Gasteiger partial charge is 0.493 e. The number of ether oxygens (including phenoxy) is 8. The van der Waals surface area contributed by atoms with E-state index in [4.69, 9.17) is 37.9 Å². The summed E-state index contributed by atoms with van der Waals surface area (Å²) in [6, 6.07) is 23.9. The molecule has 0 aliphatic carbocycles. The predicted octanol–water partition coefficient (Wildman–Crippen LogP) is 6.89. The van der Waals surface area contributed by atoms with Gasteiger partial charge < -0.3 is 69.2 Å². The molecule has 0 aromatic heterocycles. The second-order valence-corrected chi connectivity index (χ2v) is 15.7. The summed E-state index contributed by atoms with van der Waals surface area (Å²) in [4.78, 5) is 23.7. The molecule has 0 radical (unpaired) electrons. The Balaban J connectivity index is 0.000000968. The summed E-state index contributed by atoms with van der Waals surface area (Å²) >= 11 is 0. The number of carbonyl (C=O) groups is 2. The van der Waals surface area contributed by atoms with Crippen LogP contribution in [0.1, 0.15) is 90.8 Å². The monoisotopic (exact) mass is 945 g/mol. The molecule has 0 saturated carbocycles. The predicted molar refractivity (Wildman–Crippen MR) is 258 cm³/mol. The fourth-order valence-corrected chi connectivity index (χ4v) is 7.21. The number of hydrogen-bond acceptors (Lipinski definition) is 15. The Hall–Kier alpha value is -5.82. The minimum Gasteiger partial charge on any atom is -0.493 e. The third-order valence-corrected chi connectivity index (χ3v) is 10.1. The first-order valence-electron chi connectivity index (χ1n) is 21.2. The number of aliphatic hydroxyl groups excluding tert-OH is 3. The minimum atomic E-state index is -1.06. The molecule has 17 nitrogen and oxygen atoms in total. The fourth-order valence-electron chi connectivity index (χ4n) is 7.21. The number of amides is 1. The molecule has 0 spiro atoms. The summed E-state index contributed by atoms with van der Waals surface area (Å²) in [5.41, 5.74) is 0.298. The van der Waals surface area contributed by atoms with Gasteiger partial charge in [-0.25, -0.2) is 0 Å². The Labute approximate surface area is 396 Å². The Kier molecular flexibility index (Phi) is 27.2. The number of para-hydroxylation sites is 4. The van der Waals surface area contributed by atoms with Crippen LogP contribution in [0.5, 0.6) is 46.0 Å². The molecule has 1 amide bonds. The van der Waals surface area contributed by atoms with Gasteiger partial charge in [0, 0.05) is 29.6 Å². The van der Waals surface area contributed by atoms with Crippen LogP contribution >= 0.6 is 0 Å². The van der Waals surface area contributed by atoms with Crippen molar-refractivity contribution in [3.05, 3.63) is 96.1 Å². The Morgan fingerprint density at radius 2 is 1.04 bits per heavy atom. The van der Waals surface area contributed by atoms with Crippen molar-refractivity contribution in [1.82, 2.24) is 10.4 Å². The first-order valence-corrected chi connectivity index (χ1v) is 21.2. The van der Waals surface area contributed by atoms with E-state index in [1.165, 1.54) is 54.6 Å². The van der Waals surface area contributed by atoms with E-state index in [2.05, 4.69) is 5.32 Å². The van der Waals surface area contributed by atoms with Crippen molar-refractivity contribution >= 4 is 11.7 Å². The van der Waals surface area contributed by atoms with Gasteiger partial charge in [-0.3, -0.25) is 9.59 Å². The lowest BCUT2D eigenvalue weighted by Crippen LogP contribution is -2.62. The van der Waals surface area contributed by atoms with E-state index in [1.807, 2.05) is 47.6 Å². The number of methoxy groups -OCH3 is 6. The van der Waals surface area contributed by atoms with E-state index in [0.717, 1.165) is 12.8 Å². The molecule has 5 rings (SSSR count). The van der Waals surface area contributed by atoms with Crippen LogP contribution in [-0.4, -0.2) is 128 Å². The van der Waals surface area contributed by atoms with E-state index in [9.17, 15) is 30.1 Å². The van der Waals surface area contributed by atoms with Gasteiger partial charge in [0.15, 0.2) is 58.2 Å². The van der Waals surface area contributed by atoms with Crippen LogP contribution in [0.15, 0.2) is 84.9 Å². The maximum absolute atomic E-state index is 12.6. The number of carbonyl (C=O) groups excluding carboxylic acids is 2. The van der Waals surface area contributed by atoms with Crippen LogP contribution in [0.2, 0.25) is 0 Å². The molecule has 4 aromatic rings. The maximum atomic E-state index is 12.6. The third kappa shape index (κ3) is 17.4. The first-order chi connectivity index (χ1) is 30.9. The minimum absolute atomic E-state index is 0. The SMILES string of the molecule is C.CC.CC(=O)NC1CC(C)(C)N(O)C(C)(C)C1.COc1ccc(C(=O)C(CO)Oc2ccccc2OC)cc1OC.COc1ccc(C(O)C(CO)Oc2ccccc2OC)cc1OC.O. The number of hydrogen-bond donors (Lipinski definition) is 5. The summed E-state index contributed by atoms with van der Waals surface area (Å²) < 4.78 is 42.5. The molecule has 1 fully saturated rings. The van der Waals surface area contributed by atoms with Crippen LogP contribution in [0.3, 0.4) is 0 Å². The molecule has 67 heavy (non-hydrogen) atoms. The number of Topliss-reactive ketones (excluding diaryl/α,β-unsaturated/α-hetero) is 1. The van der Waals surface area contributed by atoms with Gasteiger partial charge in [-0.1, -0.05) is 51.6 Å². The van der Waals surface area contributed by atoms with Gasteiger partial charge in [-0.15, -0.1) is 0 Å². The lowest BCUT2D eigenvalue weighted by Gasteiger charge is -2.51. The molecule has 4 aromatic carbocycles. The summed E-state index contributed by atoms with van der Waals surface area (Å²) in [7, 11) is 9.09. The molecular weight excluding hydrogens is 869 g/mol. The molecule has 3 atom stereocenters. The number of benzene rings is 4. The van der Waals surface area contributed by atoms with Crippen LogP contribution in [0.4, 0.5) is 0 Å². The zero-order valence-corrected chi connectivity index (χ0v) is 40.5. The molecule has 1 aliphatic heterocycles. The molecule has 376 valence electrons. The number of piperidine rings is 1. The average Bonchev–Trinajstić information content (AvgIpc) is 3.31. The van der Waals surface area contributed by atoms with Crippen LogP contribution in [0.25, 0.3) is 0 Å².